The van der Waals surface area contributed by atoms with E-state index in [9.17, 15) is 22.4 Å². The molecule has 0 unspecified atom stereocenters. The second-order valence-electron chi connectivity index (χ2n) is 3.22. The topological polar surface area (TPSA) is 29.1 Å². The van der Waals surface area contributed by atoms with Crippen molar-refractivity contribution in [2.45, 2.75) is 6.18 Å². The maximum atomic E-state index is 12.5. The average Bonchev–Trinajstić information content (AvgIpc) is 2.25. The summed E-state index contributed by atoms with van der Waals surface area (Å²) in [4.78, 5) is 11.0. The van der Waals surface area contributed by atoms with E-state index in [-0.39, 0.29) is 0 Å². The van der Waals surface area contributed by atoms with Gasteiger partial charge in [0, 0.05) is 6.08 Å². The lowest BCUT2D eigenvalue weighted by molar-refractivity contribution is -0.135. The van der Waals surface area contributed by atoms with E-state index in [1.54, 1.807) is 5.32 Å². The van der Waals surface area contributed by atoms with Gasteiger partial charge in [-0.05, 0) is 23.8 Å². The molecule has 1 N–H and O–H groups in total. The lowest BCUT2D eigenvalue weighted by Crippen LogP contribution is -2.32. The molecule has 17 heavy (non-hydrogen) atoms. The Morgan fingerprint density at radius 1 is 1.24 bits per heavy atom. The molecule has 1 amide bonds. The van der Waals surface area contributed by atoms with Crippen molar-refractivity contribution in [3.05, 3.63) is 41.7 Å². The molecule has 1 aromatic rings. The minimum atomic E-state index is -4.43. The van der Waals surface area contributed by atoms with E-state index in [0.29, 0.717) is 5.56 Å². The summed E-state index contributed by atoms with van der Waals surface area (Å²) < 4.78 is 47.7. The summed E-state index contributed by atoms with van der Waals surface area (Å²) in [5.74, 6) is -1.28. The van der Waals surface area contributed by atoms with Crippen LogP contribution in [0.3, 0.4) is 0 Å². The average molecular weight is 247 g/mol. The number of carbonyl (C=O) groups is 1. The maximum absolute atomic E-state index is 12.5. The summed E-state index contributed by atoms with van der Waals surface area (Å²) in [7, 11) is 0. The largest absolute Gasteiger partial charge is 0.405 e. The molecule has 6 heteroatoms. The predicted octanol–water partition coefficient (Wildman–Crippen LogP) is 2.52. The third kappa shape index (κ3) is 5.70. The van der Waals surface area contributed by atoms with Crippen LogP contribution in [-0.4, -0.2) is 18.6 Å². The van der Waals surface area contributed by atoms with Crippen molar-refractivity contribution >= 4 is 12.0 Å². The minimum Gasteiger partial charge on any atom is -0.343 e. The summed E-state index contributed by atoms with van der Waals surface area (Å²) in [6.45, 7) is -1.38. The Kier molecular flexibility index (Phi) is 4.25. The van der Waals surface area contributed by atoms with E-state index in [1.807, 2.05) is 0 Å². The van der Waals surface area contributed by atoms with Crippen LogP contribution < -0.4 is 5.32 Å². The molecular weight excluding hydrogens is 238 g/mol. The van der Waals surface area contributed by atoms with E-state index in [2.05, 4.69) is 0 Å². The van der Waals surface area contributed by atoms with Crippen LogP contribution in [0.25, 0.3) is 6.08 Å². The lowest BCUT2D eigenvalue weighted by atomic mass is 10.2. The molecule has 0 aliphatic rings. The van der Waals surface area contributed by atoms with Crippen LogP contribution in [-0.2, 0) is 4.79 Å². The monoisotopic (exact) mass is 247 g/mol. The fourth-order valence-electron chi connectivity index (χ4n) is 0.992. The van der Waals surface area contributed by atoms with Gasteiger partial charge in [0.25, 0.3) is 0 Å². The number of hydrogen-bond donors (Lipinski definition) is 1. The molecule has 0 heterocycles. The first-order valence-corrected chi connectivity index (χ1v) is 4.65. The number of halogens is 4. The van der Waals surface area contributed by atoms with Crippen LogP contribution in [0.1, 0.15) is 5.56 Å². The molecule has 0 aliphatic heterocycles. The molecule has 0 aliphatic carbocycles. The van der Waals surface area contributed by atoms with Gasteiger partial charge in [0.15, 0.2) is 0 Å². The third-order valence-corrected chi connectivity index (χ3v) is 1.76. The maximum Gasteiger partial charge on any atom is 0.405 e. The molecular formula is C11H9F4NO. The van der Waals surface area contributed by atoms with Crippen molar-refractivity contribution < 1.29 is 22.4 Å². The zero-order chi connectivity index (χ0) is 12.9. The van der Waals surface area contributed by atoms with Gasteiger partial charge in [-0.15, -0.1) is 0 Å². The summed E-state index contributed by atoms with van der Waals surface area (Å²) in [6.07, 6.45) is -2.18. The molecule has 0 radical (unpaired) electrons. The quantitative estimate of drug-likeness (QED) is 0.645. The number of benzene rings is 1. The SMILES string of the molecule is O=C(/C=C\c1ccc(F)cc1)NCC(F)(F)F. The van der Waals surface area contributed by atoms with Crippen molar-refractivity contribution in [2.75, 3.05) is 6.54 Å². The number of nitrogens with one attached hydrogen (secondary N) is 1. The number of carbonyl (C=O) groups excluding carboxylic acids is 1. The summed E-state index contributed by atoms with van der Waals surface area (Å²) in [6, 6.07) is 5.19. The van der Waals surface area contributed by atoms with E-state index >= 15 is 0 Å². The summed E-state index contributed by atoms with van der Waals surface area (Å²) >= 11 is 0. The van der Waals surface area contributed by atoms with Gasteiger partial charge in [-0.1, -0.05) is 12.1 Å². The van der Waals surface area contributed by atoms with Crippen molar-refractivity contribution in [1.82, 2.24) is 5.32 Å². The molecule has 0 saturated heterocycles. The summed E-state index contributed by atoms with van der Waals surface area (Å²) in [5.41, 5.74) is 0.522. The van der Waals surface area contributed by atoms with E-state index in [1.165, 1.54) is 30.3 Å². The van der Waals surface area contributed by atoms with Gasteiger partial charge >= 0.3 is 6.18 Å². The second-order valence-corrected chi connectivity index (χ2v) is 3.22. The Bertz CT molecular complexity index is 408. The first kappa shape index (κ1) is 13.2. The number of alkyl halides is 3. The molecule has 0 aromatic heterocycles. The van der Waals surface area contributed by atoms with E-state index in [0.717, 1.165) is 6.08 Å². The van der Waals surface area contributed by atoms with Gasteiger partial charge < -0.3 is 5.32 Å². The Morgan fingerprint density at radius 3 is 2.35 bits per heavy atom. The number of rotatable bonds is 3. The zero-order valence-electron chi connectivity index (χ0n) is 8.59. The Labute approximate surface area is 94.9 Å². The first-order valence-electron chi connectivity index (χ1n) is 4.65. The lowest BCUT2D eigenvalue weighted by Gasteiger charge is -2.05. The fraction of sp³-hybridized carbons (Fsp3) is 0.182. The molecule has 0 bridgehead atoms. The van der Waals surface area contributed by atoms with Crippen molar-refractivity contribution in [1.29, 1.82) is 0 Å². The Morgan fingerprint density at radius 2 is 1.82 bits per heavy atom. The van der Waals surface area contributed by atoms with Gasteiger partial charge in [0.2, 0.25) is 5.91 Å². The van der Waals surface area contributed by atoms with Gasteiger partial charge in [-0.2, -0.15) is 13.2 Å². The van der Waals surface area contributed by atoms with Crippen LogP contribution in [0.5, 0.6) is 0 Å². The number of hydrogen-bond acceptors (Lipinski definition) is 1. The highest BCUT2D eigenvalue weighted by Crippen LogP contribution is 2.12. The van der Waals surface area contributed by atoms with Crippen LogP contribution in [0.15, 0.2) is 30.3 Å². The normalized spacial score (nSPS) is 11.8. The molecule has 92 valence electrons. The van der Waals surface area contributed by atoms with Crippen LogP contribution in [0.4, 0.5) is 17.6 Å². The van der Waals surface area contributed by atoms with Gasteiger partial charge in [-0.3, -0.25) is 4.79 Å². The minimum absolute atomic E-state index is 0.427. The Hall–Kier alpha value is -1.85. The molecule has 0 atom stereocenters. The smallest absolute Gasteiger partial charge is 0.343 e. The van der Waals surface area contributed by atoms with Gasteiger partial charge in [-0.25, -0.2) is 4.39 Å². The van der Waals surface area contributed by atoms with Crippen molar-refractivity contribution in [3.8, 4) is 0 Å². The van der Waals surface area contributed by atoms with Gasteiger partial charge in [0.1, 0.15) is 12.4 Å². The predicted molar refractivity (Wildman–Crippen MR) is 54.5 cm³/mol. The van der Waals surface area contributed by atoms with Crippen LogP contribution >= 0.6 is 0 Å². The highest BCUT2D eigenvalue weighted by atomic mass is 19.4. The zero-order valence-corrected chi connectivity index (χ0v) is 8.59. The van der Waals surface area contributed by atoms with Crippen molar-refractivity contribution in [2.24, 2.45) is 0 Å². The molecule has 0 fully saturated rings. The van der Waals surface area contributed by atoms with Crippen LogP contribution in [0.2, 0.25) is 0 Å². The first-order chi connectivity index (χ1) is 7.87. The summed E-state index contributed by atoms with van der Waals surface area (Å²) in [5, 5.41) is 1.68. The van der Waals surface area contributed by atoms with E-state index in [4.69, 9.17) is 0 Å². The second kappa shape index (κ2) is 5.47. The highest BCUT2D eigenvalue weighted by Gasteiger charge is 2.27. The molecule has 0 spiro atoms. The molecule has 1 rings (SSSR count). The highest BCUT2D eigenvalue weighted by molar-refractivity contribution is 5.91. The Balaban J connectivity index is 2.48. The third-order valence-electron chi connectivity index (χ3n) is 1.76. The van der Waals surface area contributed by atoms with E-state index < -0.39 is 24.4 Å². The molecule has 2 nitrogen and oxygen atoms in total. The van der Waals surface area contributed by atoms with Gasteiger partial charge in [0.05, 0.1) is 0 Å². The standard InChI is InChI=1S/C11H9F4NO/c12-9-4-1-8(2-5-9)3-6-10(17)16-7-11(13,14)15/h1-6H,7H2,(H,16,17)/b6-3-. The van der Waals surface area contributed by atoms with Crippen molar-refractivity contribution in [3.63, 3.8) is 0 Å². The van der Waals surface area contributed by atoms with Crippen LogP contribution in [0, 0.1) is 5.82 Å². The molecule has 0 saturated carbocycles. The number of amides is 1. The molecule has 1 aromatic carbocycles. The fourth-order valence-corrected chi connectivity index (χ4v) is 0.992.